The van der Waals surface area contributed by atoms with E-state index in [-0.39, 0.29) is 11.7 Å². The second-order valence-electron chi connectivity index (χ2n) is 7.10. The maximum Gasteiger partial charge on any atom is 0.159 e. The maximum atomic E-state index is 14.2. The number of anilines is 2. The largest absolute Gasteiger partial charge is 0.356 e. The molecule has 2 bridgehead atoms. The molecule has 4 aliphatic rings. The lowest BCUT2D eigenvalue weighted by Crippen LogP contribution is -2.77. The van der Waals surface area contributed by atoms with Crippen LogP contribution in [0.5, 0.6) is 0 Å². The molecule has 1 aromatic carbocycles. The molecule has 0 saturated heterocycles. The fourth-order valence-electron chi connectivity index (χ4n) is 4.43. The molecule has 2 heterocycles. The number of fused-ring (bicyclic) bond motifs is 1. The summed E-state index contributed by atoms with van der Waals surface area (Å²) >= 11 is 12.8. The zero-order valence-electron chi connectivity index (χ0n) is 13.0. The van der Waals surface area contributed by atoms with E-state index in [9.17, 15) is 4.39 Å². The van der Waals surface area contributed by atoms with Gasteiger partial charge in [-0.25, -0.2) is 14.4 Å². The fourth-order valence-corrected chi connectivity index (χ4v) is 4.93. The van der Waals surface area contributed by atoms with Crippen LogP contribution in [0.4, 0.5) is 15.9 Å². The van der Waals surface area contributed by atoms with Crippen LogP contribution in [0.1, 0.15) is 36.8 Å². The zero-order valence-corrected chi connectivity index (χ0v) is 14.5. The Labute approximate surface area is 149 Å². The molecule has 1 atom stereocenters. The lowest BCUT2D eigenvalue weighted by Gasteiger charge is -2.69. The average Bonchev–Trinajstić information content (AvgIpc) is 2.83. The molecule has 1 aliphatic heterocycles. The summed E-state index contributed by atoms with van der Waals surface area (Å²) in [7, 11) is 0. The number of benzene rings is 1. The zero-order chi connectivity index (χ0) is 16.7. The van der Waals surface area contributed by atoms with Crippen LogP contribution >= 0.6 is 23.2 Å². The van der Waals surface area contributed by atoms with Gasteiger partial charge in [0.05, 0.1) is 5.54 Å². The number of nitrogens with one attached hydrogen (secondary N) is 1. The average molecular weight is 365 g/mol. The number of hydrogen-bond acceptors (Lipinski definition) is 4. The summed E-state index contributed by atoms with van der Waals surface area (Å²) in [5.41, 5.74) is 0.425. The Morgan fingerprint density at radius 3 is 2.58 bits per heavy atom. The first-order valence-corrected chi connectivity index (χ1v) is 8.70. The molecule has 1 N–H and O–H groups in total. The Balaban J connectivity index is 1.66. The predicted molar refractivity (Wildman–Crippen MR) is 92.5 cm³/mol. The molecule has 3 aliphatic carbocycles. The van der Waals surface area contributed by atoms with Crippen molar-refractivity contribution in [2.75, 3.05) is 10.2 Å². The summed E-state index contributed by atoms with van der Waals surface area (Å²) in [6, 6.07) is 7.68. The van der Waals surface area contributed by atoms with Gasteiger partial charge in [0.15, 0.2) is 11.0 Å². The standard InChI is InChI=1S/C17H15Cl2FN4/c1-9-21-13(19)12-15(22-9)24(17-6-16(20,7-17)8-17)14(23-12)10-4-2-3-5-11(10)18/h2-5,14,23H,6-8H2,1H3. The Kier molecular flexibility index (Phi) is 2.78. The molecular formula is C17H15Cl2FN4. The van der Waals surface area contributed by atoms with E-state index in [0.29, 0.717) is 40.9 Å². The highest BCUT2D eigenvalue weighted by Gasteiger charge is 2.73. The van der Waals surface area contributed by atoms with Gasteiger partial charge < -0.3 is 10.2 Å². The highest BCUT2D eigenvalue weighted by Crippen LogP contribution is 2.69. The van der Waals surface area contributed by atoms with Crippen LogP contribution in [0.3, 0.4) is 0 Å². The monoisotopic (exact) mass is 364 g/mol. The second kappa shape index (κ2) is 4.52. The predicted octanol–water partition coefficient (Wildman–Crippen LogP) is 4.67. The molecule has 4 nitrogen and oxygen atoms in total. The molecule has 24 heavy (non-hydrogen) atoms. The molecule has 1 aromatic heterocycles. The van der Waals surface area contributed by atoms with Gasteiger partial charge in [0, 0.05) is 29.8 Å². The van der Waals surface area contributed by atoms with Crippen molar-refractivity contribution in [3.63, 3.8) is 0 Å². The Bertz CT molecular complexity index is 852. The molecule has 0 radical (unpaired) electrons. The number of halogens is 3. The van der Waals surface area contributed by atoms with Crippen molar-refractivity contribution < 1.29 is 4.39 Å². The number of nitrogens with zero attached hydrogens (tertiary/aromatic N) is 3. The van der Waals surface area contributed by atoms with Gasteiger partial charge in [-0.3, -0.25) is 0 Å². The third kappa shape index (κ3) is 1.80. The SMILES string of the molecule is Cc1nc(Cl)c2c(n1)N(C13CC(F)(C1)C3)C(c1ccccc1Cl)N2. The number of aryl methyl sites for hydroxylation is 1. The van der Waals surface area contributed by atoms with Gasteiger partial charge >= 0.3 is 0 Å². The van der Waals surface area contributed by atoms with E-state index in [0.717, 1.165) is 11.4 Å². The van der Waals surface area contributed by atoms with Gasteiger partial charge in [0.2, 0.25) is 0 Å². The van der Waals surface area contributed by atoms with Crippen molar-refractivity contribution >= 4 is 34.7 Å². The van der Waals surface area contributed by atoms with Crippen molar-refractivity contribution in [2.45, 2.75) is 43.6 Å². The topological polar surface area (TPSA) is 41.1 Å². The van der Waals surface area contributed by atoms with Crippen LogP contribution in [0.25, 0.3) is 0 Å². The summed E-state index contributed by atoms with van der Waals surface area (Å²) in [6.45, 7) is 1.81. The number of hydrogen-bond donors (Lipinski definition) is 1. The van der Waals surface area contributed by atoms with Crippen LogP contribution in [-0.4, -0.2) is 21.2 Å². The van der Waals surface area contributed by atoms with E-state index >= 15 is 0 Å². The van der Waals surface area contributed by atoms with Crippen molar-refractivity contribution in [3.8, 4) is 0 Å². The lowest BCUT2D eigenvalue weighted by molar-refractivity contribution is -0.154. The molecule has 3 fully saturated rings. The highest BCUT2D eigenvalue weighted by atomic mass is 35.5. The summed E-state index contributed by atoms with van der Waals surface area (Å²) in [6.07, 6.45) is 1.38. The molecule has 7 heteroatoms. The van der Waals surface area contributed by atoms with Crippen LogP contribution in [0.15, 0.2) is 24.3 Å². The molecule has 6 rings (SSSR count). The van der Waals surface area contributed by atoms with Crippen LogP contribution in [0, 0.1) is 6.92 Å². The molecule has 1 unspecified atom stereocenters. The number of alkyl halides is 1. The van der Waals surface area contributed by atoms with E-state index in [2.05, 4.69) is 20.2 Å². The molecule has 2 aromatic rings. The molecule has 0 amide bonds. The van der Waals surface area contributed by atoms with E-state index in [1.165, 1.54) is 0 Å². The van der Waals surface area contributed by atoms with Gasteiger partial charge in [-0.05, 0) is 13.0 Å². The normalized spacial score (nSPS) is 32.7. The van der Waals surface area contributed by atoms with Crippen molar-refractivity contribution in [1.82, 2.24) is 9.97 Å². The lowest BCUT2D eigenvalue weighted by atomic mass is 9.46. The van der Waals surface area contributed by atoms with Crippen molar-refractivity contribution in [2.24, 2.45) is 0 Å². The van der Waals surface area contributed by atoms with Crippen molar-refractivity contribution in [1.29, 1.82) is 0 Å². The Hall–Kier alpha value is -1.59. The van der Waals surface area contributed by atoms with E-state index in [4.69, 9.17) is 23.2 Å². The van der Waals surface area contributed by atoms with E-state index in [1.54, 1.807) is 0 Å². The van der Waals surface area contributed by atoms with E-state index < -0.39 is 5.67 Å². The van der Waals surface area contributed by atoms with Crippen LogP contribution in [-0.2, 0) is 0 Å². The minimum Gasteiger partial charge on any atom is -0.356 e. The quantitative estimate of drug-likeness (QED) is 0.786. The van der Waals surface area contributed by atoms with Gasteiger partial charge in [0.1, 0.15) is 23.3 Å². The van der Waals surface area contributed by atoms with Crippen molar-refractivity contribution in [3.05, 3.63) is 45.8 Å². The number of rotatable bonds is 2. The summed E-state index contributed by atoms with van der Waals surface area (Å²) in [4.78, 5) is 11.0. The fraction of sp³-hybridized carbons (Fsp3) is 0.412. The summed E-state index contributed by atoms with van der Waals surface area (Å²) in [5, 5.41) is 4.46. The first-order chi connectivity index (χ1) is 11.4. The Morgan fingerprint density at radius 1 is 1.21 bits per heavy atom. The molecule has 124 valence electrons. The summed E-state index contributed by atoms with van der Waals surface area (Å²) in [5.74, 6) is 1.35. The Morgan fingerprint density at radius 2 is 1.92 bits per heavy atom. The first kappa shape index (κ1) is 14.7. The molecule has 3 saturated carbocycles. The number of aromatic nitrogens is 2. The maximum absolute atomic E-state index is 14.2. The second-order valence-corrected chi connectivity index (χ2v) is 7.87. The third-order valence-electron chi connectivity index (χ3n) is 5.37. The van der Waals surface area contributed by atoms with Gasteiger partial charge in [-0.15, -0.1) is 0 Å². The van der Waals surface area contributed by atoms with Gasteiger partial charge in [-0.1, -0.05) is 41.4 Å². The minimum absolute atomic E-state index is 0.207. The third-order valence-corrected chi connectivity index (χ3v) is 5.99. The minimum atomic E-state index is -1.00. The molecule has 0 spiro atoms. The van der Waals surface area contributed by atoms with Crippen LogP contribution in [0.2, 0.25) is 10.2 Å². The smallest absolute Gasteiger partial charge is 0.159 e. The summed E-state index contributed by atoms with van der Waals surface area (Å²) < 4.78 is 14.2. The van der Waals surface area contributed by atoms with E-state index in [1.807, 2.05) is 31.2 Å². The first-order valence-electron chi connectivity index (χ1n) is 7.94. The van der Waals surface area contributed by atoms with Gasteiger partial charge in [-0.2, -0.15) is 0 Å². The van der Waals surface area contributed by atoms with Gasteiger partial charge in [0.25, 0.3) is 0 Å². The molecular weight excluding hydrogens is 350 g/mol. The highest BCUT2D eigenvalue weighted by molar-refractivity contribution is 6.33. The van der Waals surface area contributed by atoms with Crippen LogP contribution < -0.4 is 10.2 Å².